The third-order valence-electron chi connectivity index (χ3n) is 4.84. The van der Waals surface area contributed by atoms with E-state index in [2.05, 4.69) is 26.6 Å². The van der Waals surface area contributed by atoms with Crippen molar-refractivity contribution >= 4 is 5.91 Å². The molecule has 0 aliphatic heterocycles. The Kier molecular flexibility index (Phi) is 5.43. The second-order valence-corrected chi connectivity index (χ2v) is 7.16. The molecule has 1 amide bonds. The maximum Gasteiger partial charge on any atom is 0.255 e. The van der Waals surface area contributed by atoms with Crippen molar-refractivity contribution < 1.29 is 9.32 Å². The molecule has 0 aliphatic carbocycles. The molecule has 2 aromatic heterocycles. The summed E-state index contributed by atoms with van der Waals surface area (Å²) in [5.74, 6) is 1.03. The van der Waals surface area contributed by atoms with Gasteiger partial charge in [0.1, 0.15) is 0 Å². The van der Waals surface area contributed by atoms with Crippen molar-refractivity contribution in [2.24, 2.45) is 0 Å². The number of hydrogen-bond acceptors (Lipinski definition) is 5. The number of nitrogens with one attached hydrogen (secondary N) is 1. The van der Waals surface area contributed by atoms with Crippen molar-refractivity contribution in [3.8, 4) is 17.1 Å². The summed E-state index contributed by atoms with van der Waals surface area (Å²) >= 11 is 0. The predicted molar refractivity (Wildman–Crippen MR) is 113 cm³/mol. The molecule has 152 valence electrons. The van der Waals surface area contributed by atoms with Crippen molar-refractivity contribution in [3.63, 3.8) is 0 Å². The van der Waals surface area contributed by atoms with E-state index >= 15 is 0 Å². The van der Waals surface area contributed by atoms with Crippen LogP contribution in [0.25, 0.3) is 17.1 Å². The Morgan fingerprint density at radius 3 is 2.63 bits per heavy atom. The molecule has 0 bridgehead atoms. The van der Waals surface area contributed by atoms with Gasteiger partial charge in [0.2, 0.25) is 11.7 Å². The first-order valence-corrected chi connectivity index (χ1v) is 9.87. The van der Waals surface area contributed by atoms with E-state index in [9.17, 15) is 4.79 Å². The fourth-order valence-corrected chi connectivity index (χ4v) is 3.19. The highest BCUT2D eigenvalue weighted by Gasteiger charge is 2.14. The fraction of sp³-hybridized carbons (Fsp3) is 0.217. The molecule has 0 atom stereocenters. The average Bonchev–Trinajstić information content (AvgIpc) is 3.39. The van der Waals surface area contributed by atoms with Crippen LogP contribution < -0.4 is 5.32 Å². The molecule has 2 aromatic carbocycles. The van der Waals surface area contributed by atoms with E-state index < -0.39 is 0 Å². The first kappa shape index (κ1) is 19.6. The standard InChI is InChI=1S/C23H23N5O2/c1-4-21-25-22(27-30-21)18-8-10-19(11-9-18)28-14-20(16(3)26-28)23(29)24-13-17-7-5-6-15(2)12-17/h5-12,14H,4,13H2,1-3H3,(H,24,29). The van der Waals surface area contributed by atoms with Crippen LogP contribution in [0.3, 0.4) is 0 Å². The lowest BCUT2D eigenvalue weighted by Crippen LogP contribution is -2.23. The molecule has 0 aliphatic rings. The number of carbonyl (C=O) groups excluding carboxylic acids is 1. The maximum atomic E-state index is 12.6. The number of carbonyl (C=O) groups is 1. The van der Waals surface area contributed by atoms with Gasteiger partial charge >= 0.3 is 0 Å². The molecule has 30 heavy (non-hydrogen) atoms. The van der Waals surface area contributed by atoms with Crippen molar-refractivity contribution in [3.05, 3.63) is 83.0 Å². The summed E-state index contributed by atoms with van der Waals surface area (Å²) in [5, 5.41) is 11.5. The van der Waals surface area contributed by atoms with Gasteiger partial charge in [-0.1, -0.05) is 41.9 Å². The molecule has 0 saturated heterocycles. The summed E-state index contributed by atoms with van der Waals surface area (Å²) in [7, 11) is 0. The summed E-state index contributed by atoms with van der Waals surface area (Å²) in [6.07, 6.45) is 2.45. The second kappa shape index (κ2) is 8.32. The summed E-state index contributed by atoms with van der Waals surface area (Å²) < 4.78 is 6.87. The van der Waals surface area contributed by atoms with Crippen LogP contribution in [0.1, 0.15) is 40.0 Å². The number of aromatic nitrogens is 4. The molecule has 0 fully saturated rings. The van der Waals surface area contributed by atoms with Gasteiger partial charge in [0, 0.05) is 24.7 Å². The molecule has 0 saturated carbocycles. The molecule has 4 aromatic rings. The van der Waals surface area contributed by atoms with Gasteiger partial charge in [0.05, 0.1) is 16.9 Å². The van der Waals surface area contributed by atoms with Gasteiger partial charge in [-0.15, -0.1) is 0 Å². The Bertz CT molecular complexity index is 1170. The quantitative estimate of drug-likeness (QED) is 0.527. The molecule has 4 rings (SSSR count). The molecule has 0 unspecified atom stereocenters. The molecular weight excluding hydrogens is 378 g/mol. The summed E-state index contributed by atoms with van der Waals surface area (Å²) in [5.41, 5.74) is 5.17. The average molecular weight is 401 g/mol. The van der Waals surface area contributed by atoms with Gasteiger partial charge in [-0.3, -0.25) is 4.79 Å². The fourth-order valence-electron chi connectivity index (χ4n) is 3.19. The monoisotopic (exact) mass is 401 g/mol. The number of hydrogen-bond donors (Lipinski definition) is 1. The third kappa shape index (κ3) is 4.15. The third-order valence-corrected chi connectivity index (χ3v) is 4.84. The van der Waals surface area contributed by atoms with Crippen molar-refractivity contribution in [1.82, 2.24) is 25.2 Å². The lowest BCUT2D eigenvalue weighted by atomic mass is 10.1. The Morgan fingerprint density at radius 2 is 1.93 bits per heavy atom. The van der Waals surface area contributed by atoms with Gasteiger partial charge in [0.25, 0.3) is 5.91 Å². The van der Waals surface area contributed by atoms with Crippen molar-refractivity contribution in [2.75, 3.05) is 0 Å². The number of rotatable bonds is 6. The lowest BCUT2D eigenvalue weighted by Gasteiger charge is -2.05. The minimum absolute atomic E-state index is 0.143. The van der Waals surface area contributed by atoms with Crippen molar-refractivity contribution in [1.29, 1.82) is 0 Å². The topological polar surface area (TPSA) is 85.8 Å². The number of nitrogens with zero attached hydrogens (tertiary/aromatic N) is 4. The van der Waals surface area contributed by atoms with Gasteiger partial charge < -0.3 is 9.84 Å². The molecular formula is C23H23N5O2. The zero-order chi connectivity index (χ0) is 21.1. The lowest BCUT2D eigenvalue weighted by molar-refractivity contribution is 0.0950. The molecule has 7 heteroatoms. The van der Waals surface area contributed by atoms with Crippen molar-refractivity contribution in [2.45, 2.75) is 33.7 Å². The molecule has 0 radical (unpaired) electrons. The van der Waals surface area contributed by atoms with E-state index in [4.69, 9.17) is 4.52 Å². The minimum Gasteiger partial charge on any atom is -0.348 e. The van der Waals surface area contributed by atoms with E-state index in [-0.39, 0.29) is 5.91 Å². The summed E-state index contributed by atoms with van der Waals surface area (Å²) in [6.45, 7) is 6.31. The minimum atomic E-state index is -0.143. The van der Waals surface area contributed by atoms with Crippen LogP contribution in [0.15, 0.2) is 59.3 Å². The Morgan fingerprint density at radius 1 is 1.13 bits per heavy atom. The Balaban J connectivity index is 1.48. The van der Waals surface area contributed by atoms with Gasteiger partial charge in [0.15, 0.2) is 0 Å². The van der Waals surface area contributed by atoms with Gasteiger partial charge in [-0.05, 0) is 43.7 Å². The largest absolute Gasteiger partial charge is 0.348 e. The highest BCUT2D eigenvalue weighted by atomic mass is 16.5. The number of aryl methyl sites for hydroxylation is 3. The highest BCUT2D eigenvalue weighted by molar-refractivity contribution is 5.95. The maximum absolute atomic E-state index is 12.6. The van der Waals surface area contributed by atoms with E-state index in [0.29, 0.717) is 35.9 Å². The number of amides is 1. The molecule has 2 heterocycles. The molecule has 7 nitrogen and oxygen atoms in total. The van der Waals surface area contributed by atoms with Gasteiger partial charge in [-0.25, -0.2) is 4.68 Å². The normalized spacial score (nSPS) is 10.9. The molecule has 1 N–H and O–H groups in total. The zero-order valence-electron chi connectivity index (χ0n) is 17.2. The second-order valence-electron chi connectivity index (χ2n) is 7.16. The Labute approximate surface area is 174 Å². The smallest absolute Gasteiger partial charge is 0.255 e. The zero-order valence-corrected chi connectivity index (χ0v) is 17.2. The van der Waals surface area contributed by atoms with Crippen LogP contribution in [0, 0.1) is 13.8 Å². The van der Waals surface area contributed by atoms with Crippen LogP contribution in [-0.2, 0) is 13.0 Å². The van der Waals surface area contributed by atoms with Crippen LogP contribution in [0.2, 0.25) is 0 Å². The van der Waals surface area contributed by atoms with Crippen LogP contribution in [-0.4, -0.2) is 25.8 Å². The van der Waals surface area contributed by atoms with E-state index in [1.165, 1.54) is 5.56 Å². The Hall–Kier alpha value is -3.74. The van der Waals surface area contributed by atoms with Gasteiger partial charge in [-0.2, -0.15) is 10.1 Å². The van der Waals surface area contributed by atoms with E-state index in [0.717, 1.165) is 16.8 Å². The first-order valence-electron chi connectivity index (χ1n) is 9.87. The predicted octanol–water partition coefficient (Wildman–Crippen LogP) is 4.03. The molecule has 0 spiro atoms. The summed E-state index contributed by atoms with van der Waals surface area (Å²) in [4.78, 5) is 17.0. The van der Waals surface area contributed by atoms with E-state index in [1.807, 2.05) is 63.2 Å². The highest BCUT2D eigenvalue weighted by Crippen LogP contribution is 2.19. The van der Waals surface area contributed by atoms with Crippen LogP contribution in [0.5, 0.6) is 0 Å². The summed E-state index contributed by atoms with van der Waals surface area (Å²) in [6, 6.07) is 15.7. The number of benzene rings is 2. The van der Waals surface area contributed by atoms with Crippen LogP contribution in [0.4, 0.5) is 0 Å². The first-order chi connectivity index (χ1) is 14.5. The van der Waals surface area contributed by atoms with E-state index in [1.54, 1.807) is 10.9 Å². The SMILES string of the molecule is CCc1nc(-c2ccc(-n3cc(C(=O)NCc4cccc(C)c4)c(C)n3)cc2)no1. The van der Waals surface area contributed by atoms with Crippen LogP contribution >= 0.6 is 0 Å².